The van der Waals surface area contributed by atoms with E-state index in [9.17, 15) is 4.79 Å². The molecule has 1 atom stereocenters. The van der Waals surface area contributed by atoms with Crippen LogP contribution in [0.5, 0.6) is 0 Å². The fourth-order valence-corrected chi connectivity index (χ4v) is 1.28. The molecule has 3 heteroatoms. The van der Waals surface area contributed by atoms with Gasteiger partial charge in [-0.3, -0.25) is 0 Å². The smallest absolute Gasteiger partial charge is 0.335 e. The minimum Gasteiger partial charge on any atom is -0.479 e. The highest BCUT2D eigenvalue weighted by atomic mass is 16.5. The molecule has 0 radical (unpaired) electrons. The lowest BCUT2D eigenvalue weighted by molar-refractivity contribution is -0.171. The van der Waals surface area contributed by atoms with Crippen LogP contribution in [0.15, 0.2) is 30.3 Å². The first kappa shape index (κ1) is 12.7. The van der Waals surface area contributed by atoms with Crippen LogP contribution in [-0.4, -0.2) is 16.7 Å². The van der Waals surface area contributed by atoms with E-state index < -0.39 is 11.6 Å². The van der Waals surface area contributed by atoms with Gasteiger partial charge in [0.1, 0.15) is 0 Å². The Labute approximate surface area is 96.1 Å². The summed E-state index contributed by atoms with van der Waals surface area (Å²) < 4.78 is 5.54. The lowest BCUT2D eigenvalue weighted by Gasteiger charge is -2.29. The molecule has 0 bridgehead atoms. The van der Waals surface area contributed by atoms with Crippen molar-refractivity contribution in [2.24, 2.45) is 5.92 Å². The number of hydrogen-bond acceptors (Lipinski definition) is 2. The second kappa shape index (κ2) is 5.12. The van der Waals surface area contributed by atoms with Crippen LogP contribution in [0.25, 0.3) is 0 Å². The maximum Gasteiger partial charge on any atom is 0.335 e. The summed E-state index contributed by atoms with van der Waals surface area (Å²) in [6, 6.07) is 9.58. The zero-order valence-corrected chi connectivity index (χ0v) is 9.93. The number of ether oxygens (including phenoxy) is 1. The van der Waals surface area contributed by atoms with E-state index in [0.717, 1.165) is 5.56 Å². The molecule has 1 aromatic carbocycles. The molecule has 16 heavy (non-hydrogen) atoms. The van der Waals surface area contributed by atoms with Gasteiger partial charge in [0.05, 0.1) is 6.61 Å². The van der Waals surface area contributed by atoms with Crippen LogP contribution in [-0.2, 0) is 16.1 Å². The Morgan fingerprint density at radius 3 is 2.38 bits per heavy atom. The Bertz CT molecular complexity index is 345. The average molecular weight is 222 g/mol. The monoisotopic (exact) mass is 222 g/mol. The van der Waals surface area contributed by atoms with Crippen LogP contribution in [0.4, 0.5) is 0 Å². The number of rotatable bonds is 5. The summed E-state index contributed by atoms with van der Waals surface area (Å²) in [5.41, 5.74) is -0.147. The van der Waals surface area contributed by atoms with Crippen molar-refractivity contribution in [2.75, 3.05) is 0 Å². The molecule has 0 aromatic heterocycles. The summed E-state index contributed by atoms with van der Waals surface area (Å²) in [5, 5.41) is 9.16. The van der Waals surface area contributed by atoms with Gasteiger partial charge in [-0.05, 0) is 18.4 Å². The molecule has 0 aliphatic carbocycles. The Kier molecular flexibility index (Phi) is 4.07. The fourth-order valence-electron chi connectivity index (χ4n) is 1.28. The van der Waals surface area contributed by atoms with Crippen LogP contribution in [0.1, 0.15) is 26.3 Å². The van der Waals surface area contributed by atoms with E-state index in [1.165, 1.54) is 0 Å². The van der Waals surface area contributed by atoms with E-state index in [0.29, 0.717) is 6.61 Å². The molecule has 1 rings (SSSR count). The zero-order chi connectivity index (χ0) is 12.2. The van der Waals surface area contributed by atoms with Crippen molar-refractivity contribution >= 4 is 5.97 Å². The Morgan fingerprint density at radius 1 is 1.38 bits per heavy atom. The molecule has 0 heterocycles. The van der Waals surface area contributed by atoms with Gasteiger partial charge in [0, 0.05) is 0 Å². The van der Waals surface area contributed by atoms with Gasteiger partial charge in [-0.2, -0.15) is 0 Å². The highest BCUT2D eigenvalue weighted by molar-refractivity contribution is 5.77. The van der Waals surface area contributed by atoms with Crippen LogP contribution >= 0.6 is 0 Å². The van der Waals surface area contributed by atoms with Crippen molar-refractivity contribution in [1.29, 1.82) is 0 Å². The van der Waals surface area contributed by atoms with E-state index >= 15 is 0 Å². The first-order chi connectivity index (χ1) is 7.47. The number of carboxylic acid groups (broad SMARTS) is 1. The van der Waals surface area contributed by atoms with E-state index in [1.807, 2.05) is 44.2 Å². The van der Waals surface area contributed by atoms with Gasteiger partial charge in [0.25, 0.3) is 0 Å². The third-order valence-corrected chi connectivity index (χ3v) is 2.91. The molecule has 1 unspecified atom stereocenters. The third kappa shape index (κ3) is 2.83. The SMILES string of the molecule is CC(C)C(C)(OCc1ccccc1)C(=O)O. The number of hydrogen-bond donors (Lipinski definition) is 1. The predicted molar refractivity (Wildman–Crippen MR) is 62.1 cm³/mol. The second-order valence-electron chi connectivity index (χ2n) is 4.34. The van der Waals surface area contributed by atoms with Crippen molar-refractivity contribution in [1.82, 2.24) is 0 Å². The Hall–Kier alpha value is -1.35. The largest absolute Gasteiger partial charge is 0.479 e. The summed E-state index contributed by atoms with van der Waals surface area (Å²) in [7, 11) is 0. The van der Waals surface area contributed by atoms with Crippen LogP contribution < -0.4 is 0 Å². The van der Waals surface area contributed by atoms with Gasteiger partial charge in [-0.15, -0.1) is 0 Å². The molecule has 0 aliphatic heterocycles. The number of carboxylic acids is 1. The van der Waals surface area contributed by atoms with E-state index in [4.69, 9.17) is 9.84 Å². The normalized spacial score (nSPS) is 14.8. The van der Waals surface area contributed by atoms with E-state index in [2.05, 4.69) is 0 Å². The predicted octanol–water partition coefficient (Wildman–Crippen LogP) is 2.70. The minimum absolute atomic E-state index is 0.0753. The topological polar surface area (TPSA) is 46.5 Å². The van der Waals surface area contributed by atoms with Crippen molar-refractivity contribution in [2.45, 2.75) is 33.0 Å². The summed E-state index contributed by atoms with van der Waals surface area (Å²) in [4.78, 5) is 11.2. The first-order valence-corrected chi connectivity index (χ1v) is 5.38. The van der Waals surface area contributed by atoms with Crippen molar-refractivity contribution in [3.8, 4) is 0 Å². The molecule has 0 saturated carbocycles. The van der Waals surface area contributed by atoms with Gasteiger partial charge in [-0.25, -0.2) is 4.79 Å². The Morgan fingerprint density at radius 2 is 1.94 bits per heavy atom. The van der Waals surface area contributed by atoms with Gasteiger partial charge in [-0.1, -0.05) is 44.2 Å². The van der Waals surface area contributed by atoms with E-state index in [-0.39, 0.29) is 5.92 Å². The summed E-state index contributed by atoms with van der Waals surface area (Å²) in [5.74, 6) is -0.993. The highest BCUT2D eigenvalue weighted by Crippen LogP contribution is 2.23. The van der Waals surface area contributed by atoms with Gasteiger partial charge in [0.2, 0.25) is 0 Å². The van der Waals surface area contributed by atoms with Gasteiger partial charge in [0.15, 0.2) is 5.60 Å². The zero-order valence-electron chi connectivity index (χ0n) is 9.93. The van der Waals surface area contributed by atoms with E-state index in [1.54, 1.807) is 6.92 Å². The molecule has 0 amide bonds. The summed E-state index contributed by atoms with van der Waals surface area (Å²) >= 11 is 0. The molecule has 0 spiro atoms. The molecule has 3 nitrogen and oxygen atoms in total. The van der Waals surface area contributed by atoms with Gasteiger partial charge >= 0.3 is 5.97 Å². The third-order valence-electron chi connectivity index (χ3n) is 2.91. The molecule has 0 aliphatic rings. The van der Waals surface area contributed by atoms with Crippen LogP contribution in [0.2, 0.25) is 0 Å². The molecule has 0 saturated heterocycles. The lowest BCUT2D eigenvalue weighted by atomic mass is 9.92. The quantitative estimate of drug-likeness (QED) is 0.833. The summed E-state index contributed by atoms with van der Waals surface area (Å²) in [6.07, 6.45) is 0. The van der Waals surface area contributed by atoms with Crippen molar-refractivity contribution < 1.29 is 14.6 Å². The molecule has 88 valence electrons. The number of aliphatic carboxylic acids is 1. The van der Waals surface area contributed by atoms with Crippen LogP contribution in [0, 0.1) is 5.92 Å². The average Bonchev–Trinajstić information content (AvgIpc) is 2.26. The second-order valence-corrected chi connectivity index (χ2v) is 4.34. The first-order valence-electron chi connectivity index (χ1n) is 5.38. The molecule has 1 aromatic rings. The molecule has 0 fully saturated rings. The molecule has 1 N–H and O–H groups in total. The molecular formula is C13H18O3. The Balaban J connectivity index is 2.69. The molecular weight excluding hydrogens is 204 g/mol. The standard InChI is InChI=1S/C13H18O3/c1-10(2)13(3,12(14)15)16-9-11-7-5-4-6-8-11/h4-8,10H,9H2,1-3H3,(H,14,15). The van der Waals surface area contributed by atoms with Gasteiger partial charge < -0.3 is 9.84 Å². The maximum absolute atomic E-state index is 11.2. The van der Waals surface area contributed by atoms with Crippen LogP contribution in [0.3, 0.4) is 0 Å². The van der Waals surface area contributed by atoms with Crippen molar-refractivity contribution in [3.05, 3.63) is 35.9 Å². The number of carbonyl (C=O) groups is 1. The van der Waals surface area contributed by atoms with Crippen molar-refractivity contribution in [3.63, 3.8) is 0 Å². The lowest BCUT2D eigenvalue weighted by Crippen LogP contribution is -2.43. The minimum atomic E-state index is -1.13. The fraction of sp³-hybridized carbons (Fsp3) is 0.462. The summed E-state index contributed by atoms with van der Waals surface area (Å²) in [6.45, 7) is 5.63. The maximum atomic E-state index is 11.2. The highest BCUT2D eigenvalue weighted by Gasteiger charge is 2.37. The number of benzene rings is 1.